The molecule has 1 aromatic rings. The summed E-state index contributed by atoms with van der Waals surface area (Å²) in [4.78, 5) is 40.1. The smallest absolute Gasteiger partial charge is 0.293 e. The van der Waals surface area contributed by atoms with E-state index in [9.17, 15) is 14.4 Å². The first kappa shape index (κ1) is 23.7. The number of nitrogens with zero attached hydrogens (tertiary/aromatic N) is 2. The number of halogens is 1. The van der Waals surface area contributed by atoms with Crippen LogP contribution >= 0.6 is 47.3 Å². The zero-order valence-corrected chi connectivity index (χ0v) is 19.3. The fraction of sp³-hybridized carbons (Fsp3) is 0.368. The van der Waals surface area contributed by atoms with Crippen LogP contribution in [0.1, 0.15) is 19.4 Å². The molecule has 156 valence electrons. The lowest BCUT2D eigenvalue weighted by Crippen LogP contribution is -2.38. The Balaban J connectivity index is 1.83. The molecule has 1 aliphatic rings. The summed E-state index contributed by atoms with van der Waals surface area (Å²) in [5.41, 5.74) is 0.675. The van der Waals surface area contributed by atoms with E-state index in [-0.39, 0.29) is 35.9 Å². The van der Waals surface area contributed by atoms with E-state index in [1.165, 1.54) is 11.8 Å². The summed E-state index contributed by atoms with van der Waals surface area (Å²) < 4.78 is 0.681. The Labute approximate surface area is 189 Å². The molecule has 0 saturated carbocycles. The summed E-state index contributed by atoms with van der Waals surface area (Å²) in [6.45, 7) is 5.91. The van der Waals surface area contributed by atoms with Crippen LogP contribution in [0, 0.1) is 0 Å². The first-order valence-electron chi connectivity index (χ1n) is 9.05. The largest absolute Gasteiger partial charge is 0.358 e. The molecule has 0 bridgehead atoms. The van der Waals surface area contributed by atoms with Crippen LogP contribution in [0.4, 0.5) is 4.79 Å². The molecule has 0 aliphatic carbocycles. The molecule has 29 heavy (non-hydrogen) atoms. The lowest BCUT2D eigenvalue weighted by atomic mass is 10.2. The van der Waals surface area contributed by atoms with Gasteiger partial charge >= 0.3 is 0 Å². The second-order valence-electron chi connectivity index (χ2n) is 5.93. The lowest BCUT2D eigenvalue weighted by Gasteiger charge is -2.20. The normalized spacial score (nSPS) is 15.1. The van der Waals surface area contributed by atoms with Gasteiger partial charge in [-0.05, 0) is 43.3 Å². The summed E-state index contributed by atoms with van der Waals surface area (Å²) in [6.07, 6.45) is 1.61. The van der Waals surface area contributed by atoms with E-state index in [1.807, 2.05) is 18.7 Å². The van der Waals surface area contributed by atoms with Crippen molar-refractivity contribution in [2.75, 3.05) is 31.9 Å². The third kappa shape index (κ3) is 6.74. The Hall–Kier alpha value is -1.55. The SMILES string of the molecule is CCN(CC)C(=S)SCC(=O)NCCN1C(=O)S/C(=C\c2ccccc2Cl)C1=O. The quantitative estimate of drug-likeness (QED) is 0.456. The first-order chi connectivity index (χ1) is 13.9. The van der Waals surface area contributed by atoms with Gasteiger partial charge in [0, 0.05) is 31.2 Å². The van der Waals surface area contributed by atoms with Crippen molar-refractivity contribution in [3.05, 3.63) is 39.8 Å². The van der Waals surface area contributed by atoms with Crippen LogP contribution in [0.25, 0.3) is 6.08 Å². The van der Waals surface area contributed by atoms with E-state index >= 15 is 0 Å². The van der Waals surface area contributed by atoms with Crippen LogP contribution in [0.3, 0.4) is 0 Å². The average Bonchev–Trinajstić information content (AvgIpc) is 2.96. The summed E-state index contributed by atoms with van der Waals surface area (Å²) in [6, 6.07) is 7.09. The predicted octanol–water partition coefficient (Wildman–Crippen LogP) is 3.85. The summed E-state index contributed by atoms with van der Waals surface area (Å²) >= 11 is 13.6. The standard InChI is InChI=1S/C19H22ClN3O3S3/c1-3-22(4-2)19(27)28-12-16(24)21-9-10-23-17(25)15(29-18(23)26)11-13-7-5-6-8-14(13)20/h5-8,11H,3-4,9-10,12H2,1-2H3,(H,21,24)/b15-11-. The van der Waals surface area contributed by atoms with Crippen LogP contribution in [0.2, 0.25) is 5.02 Å². The number of thiocarbonyl (C=S) groups is 1. The van der Waals surface area contributed by atoms with Crippen molar-refractivity contribution >= 4 is 74.8 Å². The van der Waals surface area contributed by atoms with E-state index in [4.69, 9.17) is 23.8 Å². The number of rotatable bonds is 8. The van der Waals surface area contributed by atoms with Gasteiger partial charge in [0.1, 0.15) is 4.32 Å². The molecule has 0 aromatic heterocycles. The number of benzene rings is 1. The molecule has 0 unspecified atom stereocenters. The van der Waals surface area contributed by atoms with E-state index in [1.54, 1.807) is 30.3 Å². The minimum atomic E-state index is -0.383. The fourth-order valence-corrected chi connectivity index (χ4v) is 4.76. The third-order valence-corrected chi connectivity index (χ3v) is 6.85. The maximum absolute atomic E-state index is 12.5. The highest BCUT2D eigenvalue weighted by molar-refractivity contribution is 8.23. The maximum Gasteiger partial charge on any atom is 0.293 e. The highest BCUT2D eigenvalue weighted by Crippen LogP contribution is 2.33. The van der Waals surface area contributed by atoms with E-state index in [0.717, 1.165) is 29.8 Å². The number of imide groups is 1. The van der Waals surface area contributed by atoms with E-state index < -0.39 is 0 Å². The van der Waals surface area contributed by atoms with Gasteiger partial charge < -0.3 is 10.2 Å². The number of carbonyl (C=O) groups is 3. The molecule has 6 nitrogen and oxygen atoms in total. The second-order valence-corrected chi connectivity index (χ2v) is 8.94. The molecule has 2 rings (SSSR count). The van der Waals surface area contributed by atoms with E-state index in [0.29, 0.717) is 19.8 Å². The third-order valence-electron chi connectivity index (χ3n) is 4.07. The Morgan fingerprint density at radius 2 is 2.00 bits per heavy atom. The number of thioether (sulfide) groups is 2. The zero-order chi connectivity index (χ0) is 21.4. The van der Waals surface area contributed by atoms with Crippen LogP contribution in [-0.4, -0.2) is 63.1 Å². The molecule has 10 heteroatoms. The van der Waals surface area contributed by atoms with Crippen molar-refractivity contribution < 1.29 is 14.4 Å². The fourth-order valence-electron chi connectivity index (χ4n) is 2.48. The average molecular weight is 472 g/mol. The van der Waals surface area contributed by atoms with Crippen molar-refractivity contribution in [2.24, 2.45) is 0 Å². The van der Waals surface area contributed by atoms with Crippen molar-refractivity contribution in [2.45, 2.75) is 13.8 Å². The van der Waals surface area contributed by atoms with Gasteiger partial charge in [0.25, 0.3) is 11.1 Å². The number of nitrogens with one attached hydrogen (secondary N) is 1. The molecule has 1 fully saturated rings. The first-order valence-corrected chi connectivity index (χ1v) is 11.6. The molecule has 0 radical (unpaired) electrons. The predicted molar refractivity (Wildman–Crippen MR) is 125 cm³/mol. The molecular weight excluding hydrogens is 450 g/mol. The van der Waals surface area contributed by atoms with Crippen LogP contribution in [-0.2, 0) is 9.59 Å². The Bertz CT molecular complexity index is 828. The Kier molecular flexibility index (Phi) is 9.48. The summed E-state index contributed by atoms with van der Waals surface area (Å²) in [7, 11) is 0. The lowest BCUT2D eigenvalue weighted by molar-refractivity contribution is -0.123. The van der Waals surface area contributed by atoms with Crippen molar-refractivity contribution in [3.63, 3.8) is 0 Å². The Morgan fingerprint density at radius 3 is 2.66 bits per heavy atom. The number of amides is 3. The van der Waals surface area contributed by atoms with Gasteiger partial charge in [-0.1, -0.05) is 53.8 Å². The van der Waals surface area contributed by atoms with Gasteiger partial charge in [0.15, 0.2) is 0 Å². The molecule has 0 atom stereocenters. The topological polar surface area (TPSA) is 69.7 Å². The molecule has 3 amide bonds. The second kappa shape index (κ2) is 11.6. The van der Waals surface area contributed by atoms with Gasteiger partial charge in [-0.25, -0.2) is 0 Å². The Morgan fingerprint density at radius 1 is 1.31 bits per heavy atom. The molecule has 1 heterocycles. The van der Waals surface area contributed by atoms with Gasteiger partial charge in [-0.15, -0.1) is 0 Å². The van der Waals surface area contributed by atoms with Crippen molar-refractivity contribution in [1.82, 2.24) is 15.1 Å². The summed E-state index contributed by atoms with van der Waals surface area (Å²) in [5, 5.41) is 2.87. The molecule has 1 aromatic carbocycles. The van der Waals surface area contributed by atoms with Gasteiger partial charge in [0.05, 0.1) is 10.7 Å². The van der Waals surface area contributed by atoms with Crippen LogP contribution < -0.4 is 5.32 Å². The number of hydrogen-bond donors (Lipinski definition) is 1. The number of hydrogen-bond acceptors (Lipinski definition) is 6. The minimum absolute atomic E-state index is 0.113. The molecule has 0 spiro atoms. The summed E-state index contributed by atoms with van der Waals surface area (Å²) in [5.74, 6) is -0.377. The zero-order valence-electron chi connectivity index (χ0n) is 16.1. The monoisotopic (exact) mass is 471 g/mol. The minimum Gasteiger partial charge on any atom is -0.358 e. The van der Waals surface area contributed by atoms with Gasteiger partial charge in [-0.2, -0.15) is 0 Å². The van der Waals surface area contributed by atoms with Crippen LogP contribution in [0.15, 0.2) is 29.2 Å². The van der Waals surface area contributed by atoms with Gasteiger partial charge in [0.2, 0.25) is 5.91 Å². The van der Waals surface area contributed by atoms with Crippen molar-refractivity contribution in [3.8, 4) is 0 Å². The van der Waals surface area contributed by atoms with Gasteiger partial charge in [-0.3, -0.25) is 19.3 Å². The van der Waals surface area contributed by atoms with Crippen LogP contribution in [0.5, 0.6) is 0 Å². The highest BCUT2D eigenvalue weighted by Gasteiger charge is 2.34. The molecule has 1 aliphatic heterocycles. The highest BCUT2D eigenvalue weighted by atomic mass is 35.5. The van der Waals surface area contributed by atoms with Crippen molar-refractivity contribution in [1.29, 1.82) is 0 Å². The maximum atomic E-state index is 12.5. The molecule has 1 saturated heterocycles. The molecule has 1 N–H and O–H groups in total. The number of carbonyl (C=O) groups excluding carboxylic acids is 3. The van der Waals surface area contributed by atoms with E-state index in [2.05, 4.69) is 5.32 Å². The molecular formula is C19H22ClN3O3S3.